The molecule has 0 spiro atoms. The normalized spacial score (nSPS) is 9.55. The molecule has 2 atom stereocenters. The Morgan fingerprint density at radius 2 is 0.871 bits per heavy atom. The summed E-state index contributed by atoms with van der Waals surface area (Å²) in [5.74, 6) is -16.0. The van der Waals surface area contributed by atoms with Crippen molar-refractivity contribution in [1.29, 1.82) is 0 Å². The largest absolute Gasteiger partial charge is 0.483 e. The molecule has 0 bridgehead atoms. The van der Waals surface area contributed by atoms with Crippen molar-refractivity contribution >= 4 is 83.9 Å². The average molecular weight is 918 g/mol. The number of carboxylic acids is 12. The van der Waals surface area contributed by atoms with Crippen LogP contribution in [0.3, 0.4) is 0 Å². The van der Waals surface area contributed by atoms with E-state index in [1.807, 2.05) is 0 Å². The van der Waals surface area contributed by atoms with E-state index in [2.05, 4.69) is 6.58 Å². The average Bonchev–Trinajstić information content (AvgIpc) is 3.07. The highest BCUT2D eigenvalue weighted by Gasteiger charge is 2.40. The van der Waals surface area contributed by atoms with Crippen molar-refractivity contribution in [2.45, 2.75) is 90.4 Å². The zero-order valence-corrected chi connectivity index (χ0v) is 33.0. The molecule has 0 rings (SSSR count). The first kappa shape index (κ1) is 75.2. The number of aliphatic carboxylic acids is 12. The van der Waals surface area contributed by atoms with Gasteiger partial charge in [-0.2, -0.15) is 0 Å². The molecule has 0 radical (unpaired) electrons. The van der Waals surface area contributed by atoms with Crippen LogP contribution in [0.15, 0.2) is 12.2 Å². The third-order valence-corrected chi connectivity index (χ3v) is 4.15. The van der Waals surface area contributed by atoms with E-state index >= 15 is 0 Å². The fourth-order valence-electron chi connectivity index (χ4n) is 1.59. The number of carbonyl (C=O) groups is 14. The summed E-state index contributed by atoms with van der Waals surface area (Å²) in [6.07, 6.45) is -4.84. The number of hydrogen-bond donors (Lipinski definition) is 17. The van der Waals surface area contributed by atoms with Crippen molar-refractivity contribution in [3.63, 3.8) is 0 Å². The Kier molecular flexibility index (Phi) is 57.9. The van der Waals surface area contributed by atoms with Gasteiger partial charge in [-0.3, -0.25) is 47.9 Å². The number of carbonyl (C=O) groups excluding carboxylic acids is 1. The minimum Gasteiger partial charge on any atom is -0.483 e. The summed E-state index contributed by atoms with van der Waals surface area (Å²) in [5.41, 5.74) is 1.96. The van der Waals surface area contributed by atoms with Gasteiger partial charge in [-0.15, -0.1) is 0 Å². The van der Waals surface area contributed by atoms with Gasteiger partial charge in [-0.05, 0) is 20.3 Å². The molecule has 0 fully saturated rings. The second kappa shape index (κ2) is 47.7. The zero-order chi connectivity index (χ0) is 52.1. The van der Waals surface area contributed by atoms with Gasteiger partial charge in [0.25, 0.3) is 12.4 Å². The molecular formula is C31H51NO30. The zero-order valence-electron chi connectivity index (χ0n) is 33.0. The van der Waals surface area contributed by atoms with Crippen molar-refractivity contribution in [2.24, 2.45) is 5.73 Å². The van der Waals surface area contributed by atoms with E-state index in [9.17, 15) is 57.5 Å². The van der Waals surface area contributed by atoms with Crippen molar-refractivity contribution in [1.82, 2.24) is 0 Å². The minimum absolute atomic E-state index is 0.0231. The van der Waals surface area contributed by atoms with E-state index in [4.69, 9.17) is 97.0 Å². The summed E-state index contributed by atoms with van der Waals surface area (Å²) in [6, 6.07) is -1.06. The Morgan fingerprint density at radius 3 is 0.984 bits per heavy atom. The molecule has 0 amide bonds. The highest BCUT2D eigenvalue weighted by molar-refractivity contribution is 6.31. The van der Waals surface area contributed by atoms with Crippen LogP contribution in [0.2, 0.25) is 0 Å². The topological polar surface area (TPSA) is 589 Å². The van der Waals surface area contributed by atoms with Gasteiger partial charge >= 0.3 is 65.7 Å². The third kappa shape index (κ3) is 93.9. The smallest absolute Gasteiger partial charge is 0.371 e. The van der Waals surface area contributed by atoms with Crippen LogP contribution >= 0.6 is 0 Å². The van der Waals surface area contributed by atoms with Gasteiger partial charge in [0, 0.05) is 32.4 Å². The SMILES string of the molecule is C=C(CC(=O)O)C(=O)O.CC(=O)C(=O)O.CC(=O)O.CC(O)C(=O)O.CCO.N[C@@H](CCC(=O)O)C(=O)O.O=C(O)CC(O)(CC(=O)O)C(=O)O.O=C(O)CCC(=O)O.O=CO. The molecule has 0 saturated carbocycles. The van der Waals surface area contributed by atoms with Crippen LogP contribution in [0.25, 0.3) is 0 Å². The lowest BCUT2D eigenvalue weighted by molar-refractivity contribution is -0.170. The molecule has 0 saturated heterocycles. The Balaban J connectivity index is -0.0000000755. The first-order valence-corrected chi connectivity index (χ1v) is 15.5. The fraction of sp³-hybridized carbons (Fsp3) is 0.484. The Hall–Kier alpha value is -7.64. The summed E-state index contributed by atoms with van der Waals surface area (Å²) in [7, 11) is 0. The fourth-order valence-corrected chi connectivity index (χ4v) is 1.59. The number of aliphatic hydroxyl groups is 3. The van der Waals surface area contributed by atoms with E-state index in [1.165, 1.54) is 6.92 Å². The number of nitrogens with two attached hydrogens (primary N) is 1. The number of Topliss-reactive ketones (excluding diaryl/α,β-unsaturated/α-hetero) is 1. The van der Waals surface area contributed by atoms with E-state index < -0.39 is 114 Å². The van der Waals surface area contributed by atoms with E-state index in [1.54, 1.807) is 6.92 Å². The summed E-state index contributed by atoms with van der Waals surface area (Å²) >= 11 is 0. The lowest BCUT2D eigenvalue weighted by atomic mass is 9.96. The molecule has 0 aromatic rings. The quantitative estimate of drug-likeness (QED) is 0.0392. The second-order valence-corrected chi connectivity index (χ2v) is 9.94. The van der Waals surface area contributed by atoms with Crippen molar-refractivity contribution in [3.05, 3.63) is 12.2 Å². The van der Waals surface area contributed by atoms with Gasteiger partial charge in [-0.1, -0.05) is 6.58 Å². The van der Waals surface area contributed by atoms with Crippen molar-refractivity contribution in [2.75, 3.05) is 6.61 Å². The molecule has 31 nitrogen and oxygen atoms in total. The number of carboxylic acid groups (broad SMARTS) is 13. The van der Waals surface area contributed by atoms with Crippen LogP contribution in [0.1, 0.15) is 72.6 Å². The molecule has 18 N–H and O–H groups in total. The van der Waals surface area contributed by atoms with Crippen molar-refractivity contribution < 1.29 is 149 Å². The Bertz CT molecular complexity index is 1400. The van der Waals surface area contributed by atoms with Crippen LogP contribution in [-0.4, -0.2) is 190 Å². The Morgan fingerprint density at radius 1 is 0.613 bits per heavy atom. The van der Waals surface area contributed by atoms with Gasteiger partial charge in [0.2, 0.25) is 5.78 Å². The molecule has 62 heavy (non-hydrogen) atoms. The minimum atomic E-state index is -2.74. The summed E-state index contributed by atoms with van der Waals surface area (Å²) < 4.78 is 0. The molecular weight excluding hydrogens is 866 g/mol. The maximum Gasteiger partial charge on any atom is 0.371 e. The molecule has 1 unspecified atom stereocenters. The molecule has 0 aliphatic rings. The highest BCUT2D eigenvalue weighted by atomic mass is 16.4. The van der Waals surface area contributed by atoms with E-state index in [0.29, 0.717) is 0 Å². The molecule has 31 heteroatoms. The summed E-state index contributed by atoms with van der Waals surface area (Å²) in [4.78, 5) is 135. The van der Waals surface area contributed by atoms with Crippen LogP contribution in [0.4, 0.5) is 0 Å². The maximum atomic E-state index is 10.3. The highest BCUT2D eigenvalue weighted by Crippen LogP contribution is 2.15. The molecule has 0 aromatic heterocycles. The van der Waals surface area contributed by atoms with Gasteiger partial charge in [0.15, 0.2) is 5.60 Å². The van der Waals surface area contributed by atoms with Gasteiger partial charge in [0.1, 0.15) is 12.1 Å². The predicted octanol–water partition coefficient (Wildman–Crippen LogP) is -3.05. The standard InChI is InChI=1S/C6H8O7.C5H9NO4.C5H6O4.C4H6O4.C3H6O3.C3H4O3.C2H4O2.C2H6O.CH2O2/c7-3(8)1-6(13,5(11)12)2-4(9)10;6-3(5(9)10)1-2-4(7)8;1-3(5(8)9)2-4(6)7;5-3(6)1-2-4(7)8;2*1-2(4)3(5)6;1-2(3)4;1-2-3;2-1-3/h13H,1-2H2,(H,7,8)(H,9,10)(H,11,12);3H,1-2,6H2,(H,7,8)(H,9,10);1-2H2,(H,6,7)(H,8,9);1-2H2,(H,5,6)(H,7,8);2,4H,1H3,(H,5,6);1H3,(H,5,6);1H3,(H,3,4);3H,2H2,1H3;1H,(H,2,3)/t;3-;;;;;;;/m.0......./s1. The number of aliphatic hydroxyl groups excluding tert-OH is 2. The lowest BCUT2D eigenvalue weighted by Gasteiger charge is -2.18. The first-order chi connectivity index (χ1) is 27.8. The lowest BCUT2D eigenvalue weighted by Crippen LogP contribution is -2.42. The third-order valence-electron chi connectivity index (χ3n) is 4.15. The van der Waals surface area contributed by atoms with Gasteiger partial charge in [-0.25, -0.2) is 19.2 Å². The monoisotopic (exact) mass is 917 g/mol. The van der Waals surface area contributed by atoms with Crippen LogP contribution in [0.5, 0.6) is 0 Å². The van der Waals surface area contributed by atoms with Crippen LogP contribution in [-0.2, 0) is 67.1 Å². The molecule has 0 heterocycles. The predicted molar refractivity (Wildman–Crippen MR) is 196 cm³/mol. The molecule has 0 aliphatic heterocycles. The maximum absolute atomic E-state index is 10.3. The number of hydrogen-bond acceptors (Lipinski definition) is 18. The Labute approximate surface area is 347 Å². The molecule has 0 aliphatic carbocycles. The van der Waals surface area contributed by atoms with Crippen molar-refractivity contribution in [3.8, 4) is 0 Å². The van der Waals surface area contributed by atoms with Gasteiger partial charge in [0.05, 0.1) is 32.1 Å². The van der Waals surface area contributed by atoms with Crippen LogP contribution < -0.4 is 5.73 Å². The second-order valence-electron chi connectivity index (χ2n) is 9.94. The van der Waals surface area contributed by atoms with Crippen LogP contribution in [0, 0.1) is 0 Å². The first-order valence-electron chi connectivity index (χ1n) is 15.5. The summed E-state index contributed by atoms with van der Waals surface area (Å²) in [5, 5.41) is 127. The number of ketones is 1. The molecule has 0 aromatic carbocycles. The molecule has 360 valence electrons. The van der Waals surface area contributed by atoms with E-state index in [0.717, 1.165) is 13.8 Å². The number of rotatable bonds is 17. The van der Waals surface area contributed by atoms with Gasteiger partial charge < -0.3 is 87.4 Å². The summed E-state index contributed by atoms with van der Waals surface area (Å²) in [6.45, 7) is 7.98. The van der Waals surface area contributed by atoms with E-state index in [-0.39, 0.29) is 44.3 Å².